The molecule has 0 saturated heterocycles. The van der Waals surface area contributed by atoms with E-state index in [0.29, 0.717) is 0 Å². The van der Waals surface area contributed by atoms with Gasteiger partial charge in [0, 0.05) is 11.1 Å². The Labute approximate surface area is 86.7 Å². The molecule has 0 fully saturated rings. The number of aromatic nitrogens is 1. The first-order valence-electron chi connectivity index (χ1n) is 4.40. The van der Waals surface area contributed by atoms with Crippen molar-refractivity contribution in [3.63, 3.8) is 0 Å². The van der Waals surface area contributed by atoms with E-state index in [2.05, 4.69) is 4.98 Å². The summed E-state index contributed by atoms with van der Waals surface area (Å²) in [6.07, 6.45) is 0. The molecule has 0 aliphatic heterocycles. The predicted octanol–water partition coefficient (Wildman–Crippen LogP) is 1.35. The van der Waals surface area contributed by atoms with Gasteiger partial charge in [0.15, 0.2) is 0 Å². The van der Waals surface area contributed by atoms with Gasteiger partial charge in [-0.25, -0.2) is 0 Å². The van der Waals surface area contributed by atoms with E-state index in [9.17, 15) is 4.57 Å². The van der Waals surface area contributed by atoms with Crippen molar-refractivity contribution in [2.24, 2.45) is 0 Å². The lowest BCUT2D eigenvalue weighted by Gasteiger charge is -2.05. The molecule has 1 aromatic heterocycles. The Kier molecular flexibility index (Phi) is 2.35. The van der Waals surface area contributed by atoms with Crippen LogP contribution in [-0.4, -0.2) is 14.8 Å². The number of nitrogens with zero attached hydrogens (tertiary/aromatic N) is 1. The van der Waals surface area contributed by atoms with Crippen molar-refractivity contribution in [1.82, 2.24) is 4.98 Å². The number of aryl methyl sites for hydroxylation is 1. The largest absolute Gasteiger partial charge is 0.356 e. The maximum absolute atomic E-state index is 11.0. The van der Waals surface area contributed by atoms with Gasteiger partial charge in [0.25, 0.3) is 0 Å². The zero-order chi connectivity index (χ0) is 11.1. The van der Waals surface area contributed by atoms with Gasteiger partial charge in [-0.1, -0.05) is 6.07 Å². The molecule has 0 aliphatic carbocycles. The van der Waals surface area contributed by atoms with Crippen molar-refractivity contribution in [3.05, 3.63) is 36.0 Å². The van der Waals surface area contributed by atoms with Crippen LogP contribution in [0.4, 0.5) is 0 Å². The van der Waals surface area contributed by atoms with Crippen LogP contribution in [0.25, 0.3) is 10.9 Å². The first-order chi connectivity index (χ1) is 6.97. The molecule has 15 heavy (non-hydrogen) atoms. The van der Waals surface area contributed by atoms with Crippen molar-refractivity contribution >= 4 is 23.8 Å². The molecule has 0 spiro atoms. The van der Waals surface area contributed by atoms with E-state index < -0.39 is 7.60 Å². The summed E-state index contributed by atoms with van der Waals surface area (Å²) in [6.45, 7) is 1.87. The third-order valence-electron chi connectivity index (χ3n) is 2.15. The number of rotatable bonds is 1. The number of pyridine rings is 1. The van der Waals surface area contributed by atoms with Gasteiger partial charge in [0.2, 0.25) is 0 Å². The fraction of sp³-hybridized carbons (Fsp3) is 0.100. The lowest BCUT2D eigenvalue weighted by Crippen LogP contribution is -2.03. The van der Waals surface area contributed by atoms with E-state index in [1.807, 2.05) is 13.0 Å². The second kappa shape index (κ2) is 3.42. The number of fused-ring (bicyclic) bond motifs is 1. The van der Waals surface area contributed by atoms with Crippen LogP contribution >= 0.6 is 7.60 Å². The Morgan fingerprint density at radius 2 is 1.93 bits per heavy atom. The van der Waals surface area contributed by atoms with Crippen LogP contribution in [0.3, 0.4) is 0 Å². The topological polar surface area (TPSA) is 70.4 Å². The van der Waals surface area contributed by atoms with E-state index in [-0.39, 0.29) is 5.30 Å². The molecule has 2 aromatic rings. The molecule has 78 valence electrons. The van der Waals surface area contributed by atoms with Crippen LogP contribution in [0.1, 0.15) is 5.69 Å². The number of hydrogen-bond donors (Lipinski definition) is 2. The summed E-state index contributed by atoms with van der Waals surface area (Å²) in [6, 6.07) is 8.12. The molecule has 1 heterocycles. The van der Waals surface area contributed by atoms with Gasteiger partial charge in [-0.05, 0) is 31.2 Å². The molecule has 0 radical (unpaired) electrons. The first kappa shape index (κ1) is 10.3. The molecule has 0 amide bonds. The minimum absolute atomic E-state index is 0.0284. The van der Waals surface area contributed by atoms with E-state index in [1.165, 1.54) is 12.1 Å². The SMILES string of the molecule is Cc1ccc2cc(P(=O)(O)O)ccc2n1. The monoisotopic (exact) mass is 223 g/mol. The summed E-state index contributed by atoms with van der Waals surface area (Å²) in [5, 5.41) is 0.766. The van der Waals surface area contributed by atoms with E-state index >= 15 is 0 Å². The quantitative estimate of drug-likeness (QED) is 0.716. The third kappa shape index (κ3) is 2.07. The lowest BCUT2D eigenvalue weighted by molar-refractivity contribution is 0.387. The zero-order valence-corrected chi connectivity index (χ0v) is 8.98. The Balaban J connectivity index is 2.67. The van der Waals surface area contributed by atoms with Crippen LogP contribution in [0, 0.1) is 6.92 Å². The van der Waals surface area contributed by atoms with Gasteiger partial charge in [-0.3, -0.25) is 9.55 Å². The van der Waals surface area contributed by atoms with Gasteiger partial charge in [-0.15, -0.1) is 0 Å². The molecular formula is C10H10NO3P. The maximum Gasteiger partial charge on any atom is 0.356 e. The van der Waals surface area contributed by atoms with Crippen molar-refractivity contribution in [2.45, 2.75) is 6.92 Å². The highest BCUT2D eigenvalue weighted by Crippen LogP contribution is 2.33. The van der Waals surface area contributed by atoms with Gasteiger partial charge < -0.3 is 9.79 Å². The molecule has 1 aromatic carbocycles. The van der Waals surface area contributed by atoms with Crippen LogP contribution in [-0.2, 0) is 4.57 Å². The van der Waals surface area contributed by atoms with Gasteiger partial charge in [0.05, 0.1) is 10.8 Å². The fourth-order valence-corrected chi connectivity index (χ4v) is 1.97. The van der Waals surface area contributed by atoms with Gasteiger partial charge in [0.1, 0.15) is 0 Å². The third-order valence-corrected chi connectivity index (χ3v) is 3.10. The van der Waals surface area contributed by atoms with Crippen molar-refractivity contribution in [1.29, 1.82) is 0 Å². The van der Waals surface area contributed by atoms with Crippen LogP contribution in [0.5, 0.6) is 0 Å². The molecular weight excluding hydrogens is 213 g/mol. The number of benzene rings is 1. The van der Waals surface area contributed by atoms with Crippen molar-refractivity contribution < 1.29 is 14.4 Å². The predicted molar refractivity (Wildman–Crippen MR) is 58.2 cm³/mol. The van der Waals surface area contributed by atoms with E-state index in [1.54, 1.807) is 12.1 Å². The molecule has 0 unspecified atom stereocenters. The Morgan fingerprint density at radius 3 is 2.60 bits per heavy atom. The molecule has 5 heteroatoms. The normalized spacial score (nSPS) is 11.9. The second-order valence-electron chi connectivity index (χ2n) is 3.37. The average molecular weight is 223 g/mol. The minimum atomic E-state index is -4.16. The van der Waals surface area contributed by atoms with Crippen molar-refractivity contribution in [2.75, 3.05) is 0 Å². The maximum atomic E-state index is 11.0. The highest BCUT2D eigenvalue weighted by atomic mass is 31.2. The fourth-order valence-electron chi connectivity index (χ4n) is 1.40. The van der Waals surface area contributed by atoms with E-state index in [0.717, 1.165) is 16.6 Å². The lowest BCUT2D eigenvalue weighted by atomic mass is 10.2. The van der Waals surface area contributed by atoms with Gasteiger partial charge in [-0.2, -0.15) is 0 Å². The summed E-state index contributed by atoms with van der Waals surface area (Å²) in [5.74, 6) is 0. The summed E-state index contributed by atoms with van der Waals surface area (Å²) in [5.41, 5.74) is 1.62. The standard InChI is InChI=1S/C10H10NO3P/c1-7-2-3-8-6-9(15(12,13)14)4-5-10(8)11-7/h2-6H,1H3,(H2,12,13,14). The summed E-state index contributed by atoms with van der Waals surface area (Å²) in [7, 11) is -4.16. The Morgan fingerprint density at radius 1 is 1.20 bits per heavy atom. The molecule has 0 saturated carbocycles. The van der Waals surface area contributed by atoms with Crippen LogP contribution in [0.2, 0.25) is 0 Å². The number of hydrogen-bond acceptors (Lipinski definition) is 2. The first-order valence-corrected chi connectivity index (χ1v) is 6.01. The Bertz CT molecular complexity index is 562. The zero-order valence-electron chi connectivity index (χ0n) is 8.08. The van der Waals surface area contributed by atoms with Crippen molar-refractivity contribution in [3.8, 4) is 0 Å². The molecule has 4 nitrogen and oxygen atoms in total. The molecule has 0 bridgehead atoms. The summed E-state index contributed by atoms with van der Waals surface area (Å²) < 4.78 is 11.0. The minimum Gasteiger partial charge on any atom is -0.321 e. The molecule has 0 aliphatic rings. The Hall–Kier alpha value is -1.22. The summed E-state index contributed by atoms with van der Waals surface area (Å²) >= 11 is 0. The highest BCUT2D eigenvalue weighted by Gasteiger charge is 2.16. The second-order valence-corrected chi connectivity index (χ2v) is 4.98. The van der Waals surface area contributed by atoms with Gasteiger partial charge >= 0.3 is 7.60 Å². The van der Waals surface area contributed by atoms with E-state index in [4.69, 9.17) is 9.79 Å². The molecule has 2 rings (SSSR count). The smallest absolute Gasteiger partial charge is 0.321 e. The summed E-state index contributed by atoms with van der Waals surface area (Å²) in [4.78, 5) is 22.2. The van der Waals surface area contributed by atoms with Crippen LogP contribution < -0.4 is 5.30 Å². The average Bonchev–Trinajstić information content (AvgIpc) is 2.15. The highest BCUT2D eigenvalue weighted by molar-refractivity contribution is 7.60. The molecule has 0 atom stereocenters. The molecule has 2 N–H and O–H groups in total. The van der Waals surface area contributed by atoms with Crippen LogP contribution in [0.15, 0.2) is 30.3 Å².